The van der Waals surface area contributed by atoms with E-state index in [0.29, 0.717) is 0 Å². The summed E-state index contributed by atoms with van der Waals surface area (Å²) in [6, 6.07) is 38.0. The van der Waals surface area contributed by atoms with Crippen molar-refractivity contribution in [3.63, 3.8) is 0 Å². The van der Waals surface area contributed by atoms with Gasteiger partial charge in [0.25, 0.3) is 0 Å². The van der Waals surface area contributed by atoms with Crippen LogP contribution in [0.4, 0.5) is 11.4 Å². The van der Waals surface area contributed by atoms with Gasteiger partial charge in [0.1, 0.15) is 0 Å². The number of benzene rings is 4. The van der Waals surface area contributed by atoms with Crippen LogP contribution in [0.5, 0.6) is 0 Å². The second-order valence-electron chi connectivity index (χ2n) is 8.27. The first-order valence-electron chi connectivity index (χ1n) is 11.5. The highest BCUT2D eigenvalue weighted by Crippen LogP contribution is 2.47. The SMILES string of the molecule is C1=Nc2ccccc2SC(c2ccccc2)=C1CC1=C(c2ccccc2)Sc2ccccc2N=C1. The minimum Gasteiger partial charge on any atom is -0.255 e. The lowest BCUT2D eigenvalue weighted by molar-refractivity contribution is 1.29. The third-order valence-electron chi connectivity index (χ3n) is 5.91. The van der Waals surface area contributed by atoms with Gasteiger partial charge < -0.3 is 0 Å². The number of allylic oxidation sites excluding steroid dienone is 2. The Bertz CT molecular complexity index is 1380. The molecule has 2 heterocycles. The van der Waals surface area contributed by atoms with Crippen LogP contribution in [-0.2, 0) is 0 Å². The topological polar surface area (TPSA) is 24.7 Å². The smallest absolute Gasteiger partial charge is 0.0769 e. The van der Waals surface area contributed by atoms with Crippen molar-refractivity contribution in [3.8, 4) is 0 Å². The number of thioether (sulfide) groups is 2. The largest absolute Gasteiger partial charge is 0.255 e. The molecule has 0 unspecified atom stereocenters. The molecular weight excluding hydrogens is 464 g/mol. The van der Waals surface area contributed by atoms with Gasteiger partial charge in [-0.1, -0.05) is 108 Å². The summed E-state index contributed by atoms with van der Waals surface area (Å²) < 4.78 is 0. The second kappa shape index (κ2) is 9.95. The van der Waals surface area contributed by atoms with Crippen molar-refractivity contribution in [1.29, 1.82) is 0 Å². The maximum atomic E-state index is 4.89. The van der Waals surface area contributed by atoms with Crippen molar-refractivity contribution >= 4 is 57.1 Å². The standard InChI is InChI=1S/C31H22N2S2/c1-3-11-22(12-4-1)30-24(20-32-26-15-7-9-17-28(26)34-30)19-25-21-33-27-16-8-10-18-29(27)35-31(25)23-13-5-2-6-14-23/h1-18,20-21H,19H2. The molecule has 0 spiro atoms. The second-order valence-corrected chi connectivity index (χ2v) is 10.4. The number of aliphatic imine (C=N–C) groups is 2. The summed E-state index contributed by atoms with van der Waals surface area (Å²) in [4.78, 5) is 14.6. The average Bonchev–Trinajstić information content (AvgIpc) is 3.22. The lowest BCUT2D eigenvalue weighted by atomic mass is 10.0. The van der Waals surface area contributed by atoms with Gasteiger partial charge in [-0.2, -0.15) is 0 Å². The van der Waals surface area contributed by atoms with E-state index >= 15 is 0 Å². The van der Waals surface area contributed by atoms with Gasteiger partial charge in [0.05, 0.1) is 11.4 Å². The van der Waals surface area contributed by atoms with Crippen molar-refractivity contribution in [2.75, 3.05) is 0 Å². The molecule has 4 aromatic rings. The summed E-state index contributed by atoms with van der Waals surface area (Å²) in [7, 11) is 0. The van der Waals surface area contributed by atoms with E-state index in [1.165, 1.54) is 41.9 Å². The molecule has 0 aliphatic carbocycles. The van der Waals surface area contributed by atoms with Crippen LogP contribution in [0.25, 0.3) is 9.81 Å². The van der Waals surface area contributed by atoms with Crippen LogP contribution in [0.1, 0.15) is 17.5 Å². The highest BCUT2D eigenvalue weighted by atomic mass is 32.2. The lowest BCUT2D eigenvalue weighted by Crippen LogP contribution is -1.97. The summed E-state index contributed by atoms with van der Waals surface area (Å²) in [6.45, 7) is 0. The molecule has 2 nitrogen and oxygen atoms in total. The molecule has 2 aliphatic rings. The highest BCUT2D eigenvalue weighted by molar-refractivity contribution is 8.08. The summed E-state index contributed by atoms with van der Waals surface area (Å²) in [5.74, 6) is 0. The van der Waals surface area contributed by atoms with Crippen molar-refractivity contribution < 1.29 is 0 Å². The molecule has 0 amide bonds. The van der Waals surface area contributed by atoms with Gasteiger partial charge in [0.15, 0.2) is 0 Å². The zero-order chi connectivity index (χ0) is 23.5. The van der Waals surface area contributed by atoms with Gasteiger partial charge in [-0.05, 0) is 46.5 Å². The first-order chi connectivity index (χ1) is 17.3. The minimum absolute atomic E-state index is 0.740. The van der Waals surface area contributed by atoms with Gasteiger partial charge in [-0.15, -0.1) is 0 Å². The summed E-state index contributed by atoms with van der Waals surface area (Å²) in [6.07, 6.45) is 4.84. The molecule has 0 bridgehead atoms. The van der Waals surface area contributed by atoms with E-state index in [9.17, 15) is 0 Å². The highest BCUT2D eigenvalue weighted by Gasteiger charge is 2.20. The van der Waals surface area contributed by atoms with Gasteiger partial charge in [0, 0.05) is 38.5 Å². The molecule has 2 aliphatic heterocycles. The van der Waals surface area contributed by atoms with Gasteiger partial charge in [-0.3, -0.25) is 9.98 Å². The fraction of sp³-hybridized carbons (Fsp3) is 0.0323. The number of fused-ring (bicyclic) bond motifs is 2. The molecule has 0 saturated carbocycles. The van der Waals surface area contributed by atoms with E-state index in [1.807, 2.05) is 24.6 Å². The summed E-state index contributed by atoms with van der Waals surface area (Å²) >= 11 is 3.60. The van der Waals surface area contributed by atoms with Gasteiger partial charge in [0.2, 0.25) is 0 Å². The van der Waals surface area contributed by atoms with Crippen LogP contribution in [0, 0.1) is 0 Å². The zero-order valence-corrected chi connectivity index (χ0v) is 20.6. The third kappa shape index (κ3) is 4.68. The molecule has 35 heavy (non-hydrogen) atoms. The summed E-state index contributed by atoms with van der Waals surface area (Å²) in [5.41, 5.74) is 6.82. The van der Waals surface area contributed by atoms with E-state index in [-0.39, 0.29) is 0 Å². The predicted molar refractivity (Wildman–Crippen MR) is 152 cm³/mol. The number of nitrogens with zero attached hydrogens (tertiary/aromatic N) is 2. The normalized spacial score (nSPS) is 14.9. The number of para-hydroxylation sites is 2. The number of hydrogen-bond donors (Lipinski definition) is 0. The maximum Gasteiger partial charge on any atom is 0.0769 e. The van der Waals surface area contributed by atoms with E-state index in [2.05, 4.69) is 97.1 Å². The van der Waals surface area contributed by atoms with Gasteiger partial charge in [-0.25, -0.2) is 0 Å². The average molecular weight is 487 g/mol. The Morgan fingerprint density at radius 2 is 0.857 bits per heavy atom. The van der Waals surface area contributed by atoms with E-state index < -0.39 is 0 Å². The molecule has 0 saturated heterocycles. The van der Waals surface area contributed by atoms with Gasteiger partial charge >= 0.3 is 0 Å². The third-order valence-corrected chi connectivity index (χ3v) is 8.44. The number of rotatable bonds is 4. The van der Waals surface area contributed by atoms with Crippen molar-refractivity contribution in [2.45, 2.75) is 16.2 Å². The van der Waals surface area contributed by atoms with Crippen LogP contribution < -0.4 is 0 Å². The molecule has 0 fully saturated rings. The zero-order valence-electron chi connectivity index (χ0n) is 19.0. The first kappa shape index (κ1) is 21.9. The van der Waals surface area contributed by atoms with E-state index in [4.69, 9.17) is 9.98 Å². The first-order valence-corrected chi connectivity index (χ1v) is 13.2. The molecule has 4 heteroatoms. The monoisotopic (exact) mass is 486 g/mol. The van der Waals surface area contributed by atoms with E-state index in [0.717, 1.165) is 17.8 Å². The molecular formula is C31H22N2S2. The van der Waals surface area contributed by atoms with Crippen molar-refractivity contribution in [1.82, 2.24) is 0 Å². The molecule has 0 radical (unpaired) electrons. The van der Waals surface area contributed by atoms with Crippen LogP contribution in [0.2, 0.25) is 0 Å². The predicted octanol–water partition coefficient (Wildman–Crippen LogP) is 9.22. The molecule has 0 atom stereocenters. The van der Waals surface area contributed by atoms with E-state index in [1.54, 1.807) is 23.5 Å². The van der Waals surface area contributed by atoms with Crippen LogP contribution in [-0.4, -0.2) is 12.4 Å². The van der Waals surface area contributed by atoms with Crippen molar-refractivity contribution in [2.24, 2.45) is 9.98 Å². The molecule has 168 valence electrons. The Labute approximate surface area is 214 Å². The fourth-order valence-corrected chi connectivity index (χ4v) is 6.39. The van der Waals surface area contributed by atoms with Crippen molar-refractivity contribution in [3.05, 3.63) is 131 Å². The Balaban J connectivity index is 1.50. The Hall–Kier alpha value is -3.60. The quantitative estimate of drug-likeness (QED) is 0.287. The Morgan fingerprint density at radius 3 is 1.31 bits per heavy atom. The number of hydrogen-bond acceptors (Lipinski definition) is 4. The minimum atomic E-state index is 0.740. The lowest BCUT2D eigenvalue weighted by Gasteiger charge is -2.15. The summed E-state index contributed by atoms with van der Waals surface area (Å²) in [5, 5.41) is 0. The maximum absolute atomic E-state index is 4.89. The van der Waals surface area contributed by atoms with Crippen LogP contribution in [0.3, 0.4) is 0 Å². The molecule has 4 aromatic carbocycles. The van der Waals surface area contributed by atoms with Crippen LogP contribution in [0.15, 0.2) is 140 Å². The molecule has 0 N–H and O–H groups in total. The fourth-order valence-electron chi connectivity index (χ4n) is 4.19. The molecule has 0 aromatic heterocycles. The van der Waals surface area contributed by atoms with Crippen LogP contribution >= 0.6 is 23.5 Å². The Kier molecular flexibility index (Phi) is 6.22. The molecule has 6 rings (SSSR count). The Morgan fingerprint density at radius 1 is 0.457 bits per heavy atom.